The minimum absolute atomic E-state index is 0.359. The summed E-state index contributed by atoms with van der Waals surface area (Å²) in [4.78, 5) is 12.0. The highest BCUT2D eigenvalue weighted by Gasteiger charge is 2.15. The molecule has 1 amide bonds. The molecule has 0 aliphatic carbocycles. The molecule has 0 heterocycles. The summed E-state index contributed by atoms with van der Waals surface area (Å²) in [7, 11) is 0. The maximum Gasteiger partial charge on any atom is 0.280 e. The molecule has 0 bridgehead atoms. The number of aryl methyl sites for hydroxylation is 1. The van der Waals surface area contributed by atoms with Crippen LogP contribution in [0.5, 0.6) is 5.75 Å². The molecule has 1 N–H and O–H groups in total. The van der Waals surface area contributed by atoms with Crippen molar-refractivity contribution in [2.45, 2.75) is 20.0 Å². The lowest BCUT2D eigenvalue weighted by molar-refractivity contribution is -0.127. The lowest BCUT2D eigenvalue weighted by Gasteiger charge is -2.14. The van der Waals surface area contributed by atoms with Gasteiger partial charge in [0.1, 0.15) is 5.75 Å². The van der Waals surface area contributed by atoms with E-state index in [-0.39, 0.29) is 5.91 Å². The van der Waals surface area contributed by atoms with Crippen molar-refractivity contribution in [2.75, 3.05) is 0 Å². The number of carbonyl (C=O) groups excluding carboxylic acids is 1. The Morgan fingerprint density at radius 3 is 2.70 bits per heavy atom. The molecule has 23 heavy (non-hydrogen) atoms. The third-order valence-corrected chi connectivity index (χ3v) is 3.67. The quantitative estimate of drug-likeness (QED) is 0.648. The predicted molar refractivity (Wildman–Crippen MR) is 93.5 cm³/mol. The van der Waals surface area contributed by atoms with E-state index in [1.54, 1.807) is 37.3 Å². The van der Waals surface area contributed by atoms with E-state index in [1.807, 2.05) is 19.1 Å². The van der Waals surface area contributed by atoms with Crippen LogP contribution in [0.1, 0.15) is 18.1 Å². The van der Waals surface area contributed by atoms with E-state index in [0.29, 0.717) is 15.8 Å². The van der Waals surface area contributed by atoms with Gasteiger partial charge in [0.15, 0.2) is 6.10 Å². The van der Waals surface area contributed by atoms with E-state index in [2.05, 4.69) is 10.5 Å². The summed E-state index contributed by atoms with van der Waals surface area (Å²) in [6, 6.07) is 12.4. The molecule has 0 aliphatic rings. The van der Waals surface area contributed by atoms with Gasteiger partial charge in [-0.2, -0.15) is 5.10 Å². The molecule has 1 atom stereocenters. The molecular formula is C17H16Cl2N2O2. The summed E-state index contributed by atoms with van der Waals surface area (Å²) in [5.74, 6) is 0.245. The van der Waals surface area contributed by atoms with Crippen molar-refractivity contribution in [3.05, 3.63) is 63.6 Å². The van der Waals surface area contributed by atoms with Crippen LogP contribution in [0, 0.1) is 6.92 Å². The number of ether oxygens (including phenoxy) is 1. The normalized spacial score (nSPS) is 12.2. The summed E-state index contributed by atoms with van der Waals surface area (Å²) in [6.45, 7) is 3.51. The average Bonchev–Trinajstić information content (AvgIpc) is 2.51. The summed E-state index contributed by atoms with van der Waals surface area (Å²) in [6.07, 6.45) is 0.791. The first-order valence-corrected chi connectivity index (χ1v) is 7.73. The molecule has 0 aliphatic heterocycles. The Morgan fingerprint density at radius 1 is 1.26 bits per heavy atom. The fourth-order valence-electron chi connectivity index (χ4n) is 1.83. The van der Waals surface area contributed by atoms with E-state index in [4.69, 9.17) is 27.9 Å². The summed E-state index contributed by atoms with van der Waals surface area (Å²) >= 11 is 11.9. The number of amides is 1. The number of hydrogen-bond acceptors (Lipinski definition) is 3. The van der Waals surface area contributed by atoms with Gasteiger partial charge in [0.05, 0.1) is 6.21 Å². The standard InChI is InChI=1S/C17H16Cl2N2O2/c1-11-9-14(18)7-8-16(11)23-12(2)17(22)21-20-10-13-5-3-4-6-15(13)19/h3-10,12H,1-2H3,(H,21,22). The van der Waals surface area contributed by atoms with Crippen LogP contribution in [0.2, 0.25) is 10.0 Å². The second kappa shape index (κ2) is 7.99. The molecule has 0 aromatic heterocycles. The fraction of sp³-hybridized carbons (Fsp3) is 0.176. The monoisotopic (exact) mass is 350 g/mol. The molecule has 120 valence electrons. The summed E-state index contributed by atoms with van der Waals surface area (Å²) < 4.78 is 5.62. The molecule has 2 aromatic rings. The van der Waals surface area contributed by atoms with Gasteiger partial charge in [-0.05, 0) is 43.7 Å². The average molecular weight is 351 g/mol. The van der Waals surface area contributed by atoms with Gasteiger partial charge in [-0.3, -0.25) is 4.79 Å². The van der Waals surface area contributed by atoms with Gasteiger partial charge >= 0.3 is 0 Å². The van der Waals surface area contributed by atoms with Gasteiger partial charge in [0, 0.05) is 15.6 Å². The Kier molecular flexibility index (Phi) is 6.02. The van der Waals surface area contributed by atoms with Crippen molar-refractivity contribution in [1.82, 2.24) is 5.43 Å². The molecule has 1 unspecified atom stereocenters. The van der Waals surface area contributed by atoms with E-state index in [1.165, 1.54) is 6.21 Å². The van der Waals surface area contributed by atoms with E-state index in [9.17, 15) is 4.79 Å². The molecule has 4 nitrogen and oxygen atoms in total. The lowest BCUT2D eigenvalue weighted by Crippen LogP contribution is -2.33. The molecule has 2 rings (SSSR count). The zero-order chi connectivity index (χ0) is 16.8. The molecule has 0 saturated heterocycles. The number of hydrazone groups is 1. The Balaban J connectivity index is 1.94. The highest BCUT2D eigenvalue weighted by atomic mass is 35.5. The number of nitrogens with one attached hydrogen (secondary N) is 1. The molecular weight excluding hydrogens is 335 g/mol. The topological polar surface area (TPSA) is 50.7 Å². The van der Waals surface area contributed by atoms with Gasteiger partial charge in [0.2, 0.25) is 0 Å². The van der Waals surface area contributed by atoms with Gasteiger partial charge in [-0.1, -0.05) is 41.4 Å². The number of nitrogens with zero attached hydrogens (tertiary/aromatic N) is 1. The highest BCUT2D eigenvalue weighted by molar-refractivity contribution is 6.33. The Morgan fingerprint density at radius 2 is 2.00 bits per heavy atom. The lowest BCUT2D eigenvalue weighted by atomic mass is 10.2. The van der Waals surface area contributed by atoms with Crippen LogP contribution in [0.4, 0.5) is 0 Å². The molecule has 0 spiro atoms. The van der Waals surface area contributed by atoms with Gasteiger partial charge in [0.25, 0.3) is 5.91 Å². The third kappa shape index (κ3) is 4.98. The van der Waals surface area contributed by atoms with Crippen molar-refractivity contribution < 1.29 is 9.53 Å². The SMILES string of the molecule is Cc1cc(Cl)ccc1OC(C)C(=O)NN=Cc1ccccc1Cl. The minimum Gasteiger partial charge on any atom is -0.481 e. The molecule has 0 radical (unpaired) electrons. The van der Waals surface area contributed by atoms with Crippen molar-refractivity contribution in [2.24, 2.45) is 5.10 Å². The number of benzene rings is 2. The van der Waals surface area contributed by atoms with Crippen molar-refractivity contribution in [1.29, 1.82) is 0 Å². The maximum atomic E-state index is 12.0. The molecule has 0 fully saturated rings. The number of carbonyl (C=O) groups is 1. The van der Waals surface area contributed by atoms with E-state index < -0.39 is 6.10 Å². The van der Waals surface area contributed by atoms with Crippen LogP contribution in [-0.2, 0) is 4.79 Å². The minimum atomic E-state index is -0.696. The largest absolute Gasteiger partial charge is 0.481 e. The van der Waals surface area contributed by atoms with Crippen LogP contribution in [0.15, 0.2) is 47.6 Å². The Hall–Kier alpha value is -2.04. The number of hydrogen-bond donors (Lipinski definition) is 1. The maximum absolute atomic E-state index is 12.0. The van der Waals surface area contributed by atoms with Gasteiger partial charge < -0.3 is 4.74 Å². The third-order valence-electron chi connectivity index (χ3n) is 3.09. The number of halogens is 2. The van der Waals surface area contributed by atoms with Crippen LogP contribution >= 0.6 is 23.2 Å². The second-order valence-electron chi connectivity index (χ2n) is 4.93. The summed E-state index contributed by atoms with van der Waals surface area (Å²) in [5.41, 5.74) is 4.01. The van der Waals surface area contributed by atoms with Gasteiger partial charge in [-0.25, -0.2) is 5.43 Å². The molecule has 0 saturated carbocycles. The van der Waals surface area contributed by atoms with Crippen LogP contribution in [0.3, 0.4) is 0 Å². The van der Waals surface area contributed by atoms with Crippen LogP contribution in [-0.4, -0.2) is 18.2 Å². The molecule has 2 aromatic carbocycles. The van der Waals surface area contributed by atoms with Crippen molar-refractivity contribution in [3.63, 3.8) is 0 Å². The van der Waals surface area contributed by atoms with E-state index >= 15 is 0 Å². The van der Waals surface area contributed by atoms with Crippen LogP contribution in [0.25, 0.3) is 0 Å². The zero-order valence-corrected chi connectivity index (χ0v) is 14.2. The highest BCUT2D eigenvalue weighted by Crippen LogP contribution is 2.22. The smallest absolute Gasteiger partial charge is 0.280 e. The fourth-order valence-corrected chi connectivity index (χ4v) is 2.24. The zero-order valence-electron chi connectivity index (χ0n) is 12.7. The Labute approximate surface area is 145 Å². The summed E-state index contributed by atoms with van der Waals surface area (Å²) in [5, 5.41) is 5.07. The van der Waals surface area contributed by atoms with Crippen molar-refractivity contribution in [3.8, 4) is 5.75 Å². The first-order chi connectivity index (χ1) is 11.0. The second-order valence-corrected chi connectivity index (χ2v) is 5.77. The Bertz CT molecular complexity index is 732. The van der Waals surface area contributed by atoms with Gasteiger partial charge in [-0.15, -0.1) is 0 Å². The first-order valence-electron chi connectivity index (χ1n) is 6.97. The predicted octanol–water partition coefficient (Wildman–Crippen LogP) is 4.22. The molecule has 6 heteroatoms. The number of rotatable bonds is 5. The van der Waals surface area contributed by atoms with Crippen molar-refractivity contribution >= 4 is 35.3 Å². The van der Waals surface area contributed by atoms with E-state index in [0.717, 1.165) is 11.1 Å². The van der Waals surface area contributed by atoms with Crippen LogP contribution < -0.4 is 10.2 Å². The first kappa shape index (κ1) is 17.3.